The third kappa shape index (κ3) is 4.37. The number of carbonyl (C=O) groups excluding carboxylic acids is 1. The van der Waals surface area contributed by atoms with Crippen molar-refractivity contribution in [1.82, 2.24) is 0 Å². The SMILES string of the molecule is O=C(/C=C/c1ccc(COc2c(F)c(F)cc(F)c2F)o1)c1ccccc1[N+](=O)[O-]. The van der Waals surface area contributed by atoms with Crippen molar-refractivity contribution < 1.29 is 36.4 Å². The lowest BCUT2D eigenvalue weighted by Crippen LogP contribution is -2.03. The number of nitrogens with zero attached hydrogens (tertiary/aromatic N) is 1. The summed E-state index contributed by atoms with van der Waals surface area (Å²) in [4.78, 5) is 22.5. The molecule has 30 heavy (non-hydrogen) atoms. The second-order valence-electron chi connectivity index (χ2n) is 5.86. The van der Waals surface area contributed by atoms with Crippen molar-refractivity contribution in [2.45, 2.75) is 6.61 Å². The Morgan fingerprint density at radius 2 is 1.73 bits per heavy atom. The van der Waals surface area contributed by atoms with Crippen molar-refractivity contribution in [2.24, 2.45) is 0 Å². The average Bonchev–Trinajstić information content (AvgIpc) is 3.18. The van der Waals surface area contributed by atoms with Crippen LogP contribution in [-0.4, -0.2) is 10.7 Å². The van der Waals surface area contributed by atoms with E-state index in [1.54, 1.807) is 0 Å². The fourth-order valence-electron chi connectivity index (χ4n) is 2.47. The van der Waals surface area contributed by atoms with Gasteiger partial charge in [0, 0.05) is 12.1 Å². The van der Waals surface area contributed by atoms with E-state index in [1.165, 1.54) is 42.5 Å². The van der Waals surface area contributed by atoms with Crippen LogP contribution in [-0.2, 0) is 6.61 Å². The van der Waals surface area contributed by atoms with Gasteiger partial charge in [-0.15, -0.1) is 0 Å². The topological polar surface area (TPSA) is 82.6 Å². The largest absolute Gasteiger partial charge is 0.479 e. The number of halogens is 4. The molecule has 0 amide bonds. The summed E-state index contributed by atoms with van der Waals surface area (Å²) in [6, 6.07) is 8.19. The van der Waals surface area contributed by atoms with Crippen LogP contribution in [0.1, 0.15) is 21.9 Å². The van der Waals surface area contributed by atoms with Crippen LogP contribution in [0.3, 0.4) is 0 Å². The summed E-state index contributed by atoms with van der Waals surface area (Å²) >= 11 is 0. The standard InChI is InChI=1S/C20H11F4NO5/c21-14-9-15(22)19(24)20(18(14)23)29-10-12-6-5-11(30-12)7-8-17(26)13-3-1-2-4-16(13)25(27)28/h1-9H,10H2/b8-7+. The quantitative estimate of drug-likeness (QED) is 0.130. The van der Waals surface area contributed by atoms with Crippen molar-refractivity contribution in [3.8, 4) is 5.75 Å². The van der Waals surface area contributed by atoms with E-state index in [9.17, 15) is 32.5 Å². The number of carbonyl (C=O) groups is 1. The predicted molar refractivity (Wildman–Crippen MR) is 95.8 cm³/mol. The highest BCUT2D eigenvalue weighted by molar-refractivity contribution is 6.09. The molecule has 0 fully saturated rings. The molecule has 1 heterocycles. The maximum absolute atomic E-state index is 13.6. The Bertz CT molecular complexity index is 1130. The van der Waals surface area contributed by atoms with Crippen LogP contribution in [0.4, 0.5) is 23.2 Å². The van der Waals surface area contributed by atoms with E-state index in [0.29, 0.717) is 0 Å². The first-order valence-corrected chi connectivity index (χ1v) is 8.28. The minimum absolute atomic E-state index is 0.0382. The second-order valence-corrected chi connectivity index (χ2v) is 5.86. The van der Waals surface area contributed by atoms with E-state index < -0.39 is 46.3 Å². The van der Waals surface area contributed by atoms with Gasteiger partial charge in [-0.3, -0.25) is 14.9 Å². The lowest BCUT2D eigenvalue weighted by atomic mass is 10.1. The van der Waals surface area contributed by atoms with E-state index >= 15 is 0 Å². The Morgan fingerprint density at radius 1 is 1.07 bits per heavy atom. The highest BCUT2D eigenvalue weighted by Gasteiger charge is 2.21. The number of rotatable bonds is 7. The number of allylic oxidation sites excluding steroid dienone is 1. The molecule has 0 unspecified atom stereocenters. The normalized spacial score (nSPS) is 11.1. The van der Waals surface area contributed by atoms with Gasteiger partial charge in [0.2, 0.25) is 11.6 Å². The molecule has 2 aromatic carbocycles. The number of hydrogen-bond acceptors (Lipinski definition) is 5. The molecule has 6 nitrogen and oxygen atoms in total. The molecule has 0 aliphatic heterocycles. The van der Waals surface area contributed by atoms with E-state index in [-0.39, 0.29) is 28.8 Å². The van der Waals surface area contributed by atoms with E-state index in [0.717, 1.165) is 6.08 Å². The van der Waals surface area contributed by atoms with Crippen LogP contribution in [0.2, 0.25) is 0 Å². The number of hydrogen-bond donors (Lipinski definition) is 0. The average molecular weight is 421 g/mol. The van der Waals surface area contributed by atoms with Crippen LogP contribution in [0.5, 0.6) is 5.75 Å². The molecule has 0 spiro atoms. The molecular weight excluding hydrogens is 410 g/mol. The molecule has 0 saturated carbocycles. The zero-order valence-corrected chi connectivity index (χ0v) is 14.9. The molecule has 10 heteroatoms. The minimum Gasteiger partial charge on any atom is -0.479 e. The number of ketones is 1. The van der Waals surface area contributed by atoms with Gasteiger partial charge in [-0.1, -0.05) is 12.1 Å². The van der Waals surface area contributed by atoms with Crippen LogP contribution < -0.4 is 4.74 Å². The van der Waals surface area contributed by atoms with Crippen molar-refractivity contribution >= 4 is 17.5 Å². The third-order valence-corrected chi connectivity index (χ3v) is 3.88. The van der Waals surface area contributed by atoms with Crippen molar-refractivity contribution in [2.75, 3.05) is 0 Å². The lowest BCUT2D eigenvalue weighted by molar-refractivity contribution is -0.385. The van der Waals surface area contributed by atoms with Crippen molar-refractivity contribution in [3.05, 3.63) is 99.0 Å². The monoisotopic (exact) mass is 421 g/mol. The summed E-state index contributed by atoms with van der Waals surface area (Å²) in [7, 11) is 0. The van der Waals surface area contributed by atoms with Crippen LogP contribution in [0.15, 0.2) is 53.0 Å². The lowest BCUT2D eigenvalue weighted by Gasteiger charge is -2.08. The first-order chi connectivity index (χ1) is 14.3. The zero-order valence-electron chi connectivity index (χ0n) is 14.9. The summed E-state index contributed by atoms with van der Waals surface area (Å²) < 4.78 is 63.6. The fourth-order valence-corrected chi connectivity index (χ4v) is 2.47. The molecule has 3 rings (SSSR count). The Balaban J connectivity index is 1.71. The maximum atomic E-state index is 13.6. The molecule has 0 N–H and O–H groups in total. The first kappa shape index (κ1) is 20.8. The van der Waals surface area contributed by atoms with Gasteiger partial charge in [0.1, 0.15) is 18.1 Å². The number of furan rings is 1. The molecule has 3 aromatic rings. The number of para-hydroxylation sites is 1. The highest BCUT2D eigenvalue weighted by atomic mass is 19.2. The van der Waals surface area contributed by atoms with Crippen molar-refractivity contribution in [3.63, 3.8) is 0 Å². The van der Waals surface area contributed by atoms with Gasteiger partial charge in [-0.05, 0) is 30.4 Å². The first-order valence-electron chi connectivity index (χ1n) is 8.28. The summed E-state index contributed by atoms with van der Waals surface area (Å²) in [5.74, 6) is -8.29. The summed E-state index contributed by atoms with van der Waals surface area (Å²) in [6.07, 6.45) is 2.28. The zero-order chi connectivity index (χ0) is 21.8. The summed E-state index contributed by atoms with van der Waals surface area (Å²) in [5, 5.41) is 11.0. The third-order valence-electron chi connectivity index (χ3n) is 3.88. The van der Waals surface area contributed by atoms with Gasteiger partial charge in [0.25, 0.3) is 5.69 Å². The van der Waals surface area contributed by atoms with Gasteiger partial charge in [-0.25, -0.2) is 8.78 Å². The van der Waals surface area contributed by atoms with Gasteiger partial charge in [0.05, 0.1) is 10.5 Å². The molecule has 154 valence electrons. The van der Waals surface area contributed by atoms with E-state index in [1.807, 2.05) is 0 Å². The Kier molecular flexibility index (Phi) is 5.95. The van der Waals surface area contributed by atoms with E-state index in [2.05, 4.69) is 0 Å². The molecular formula is C20H11F4NO5. The Morgan fingerprint density at radius 3 is 2.40 bits per heavy atom. The van der Waals surface area contributed by atoms with Crippen LogP contribution >= 0.6 is 0 Å². The predicted octanol–water partition coefficient (Wildman–Crippen LogP) is 5.22. The maximum Gasteiger partial charge on any atom is 0.280 e. The van der Waals surface area contributed by atoms with Gasteiger partial charge in [-0.2, -0.15) is 8.78 Å². The van der Waals surface area contributed by atoms with Gasteiger partial charge >= 0.3 is 0 Å². The number of nitro groups is 1. The molecule has 1 aromatic heterocycles. The van der Waals surface area contributed by atoms with Gasteiger partial charge in [0.15, 0.2) is 23.2 Å². The second kappa shape index (κ2) is 8.60. The molecule has 0 atom stereocenters. The molecule has 0 aliphatic rings. The van der Waals surface area contributed by atoms with Crippen LogP contribution in [0, 0.1) is 33.4 Å². The molecule has 0 bridgehead atoms. The molecule has 0 radical (unpaired) electrons. The highest BCUT2D eigenvalue weighted by Crippen LogP contribution is 2.27. The summed E-state index contributed by atoms with van der Waals surface area (Å²) in [6.45, 7) is -0.553. The van der Waals surface area contributed by atoms with Crippen molar-refractivity contribution in [1.29, 1.82) is 0 Å². The molecule has 0 saturated heterocycles. The van der Waals surface area contributed by atoms with E-state index in [4.69, 9.17) is 9.15 Å². The number of ether oxygens (including phenoxy) is 1. The Labute approximate surface area is 166 Å². The Hall–Kier alpha value is -3.95. The number of benzene rings is 2. The molecule has 0 aliphatic carbocycles. The smallest absolute Gasteiger partial charge is 0.280 e. The number of nitro benzene ring substituents is 1. The minimum atomic E-state index is -1.68. The fraction of sp³-hybridized carbons (Fsp3) is 0.0500. The summed E-state index contributed by atoms with van der Waals surface area (Å²) in [5.41, 5.74) is -0.472. The van der Waals surface area contributed by atoms with Gasteiger partial charge < -0.3 is 9.15 Å². The van der Waals surface area contributed by atoms with Crippen LogP contribution in [0.25, 0.3) is 6.08 Å².